The second-order valence-corrected chi connectivity index (χ2v) is 12.4. The van der Waals surface area contributed by atoms with Crippen molar-refractivity contribution in [2.45, 2.75) is 0 Å². The van der Waals surface area contributed by atoms with Gasteiger partial charge in [-0.1, -0.05) is 182 Å². The molecule has 234 valence electrons. The van der Waals surface area contributed by atoms with E-state index < -0.39 is 0 Å². The van der Waals surface area contributed by atoms with E-state index in [-0.39, 0.29) is 0 Å². The van der Waals surface area contributed by atoms with Crippen molar-refractivity contribution < 1.29 is 0 Å². The molecule has 8 aromatic carbocycles. The van der Waals surface area contributed by atoms with Gasteiger partial charge in [0.1, 0.15) is 0 Å². The van der Waals surface area contributed by atoms with Gasteiger partial charge >= 0.3 is 0 Å². The van der Waals surface area contributed by atoms with Crippen LogP contribution in [-0.4, -0.2) is 15.0 Å². The molecule has 3 nitrogen and oxygen atoms in total. The fourth-order valence-electron chi connectivity index (χ4n) is 6.93. The van der Waals surface area contributed by atoms with Gasteiger partial charge in [-0.2, -0.15) is 0 Å². The molecular formula is C47H31N3. The molecule has 0 saturated carbocycles. The summed E-state index contributed by atoms with van der Waals surface area (Å²) in [6, 6.07) is 66.0. The molecule has 3 heteroatoms. The molecule has 1 heterocycles. The fourth-order valence-corrected chi connectivity index (χ4v) is 6.93. The Bertz CT molecular complexity index is 2540. The molecule has 9 aromatic rings. The predicted molar refractivity (Wildman–Crippen MR) is 207 cm³/mol. The topological polar surface area (TPSA) is 38.7 Å². The SMILES string of the molecule is c1ccc(-c2nc(-c3ccccc3)nc(-c3ccc(-c4ccc5c(c4)c(-c4ccccc4)c(-c4ccccc4)c4ccccc45)cc3)n2)cc1. The van der Waals surface area contributed by atoms with Crippen LogP contribution in [0.3, 0.4) is 0 Å². The molecule has 0 atom stereocenters. The first-order valence-corrected chi connectivity index (χ1v) is 16.9. The Balaban J connectivity index is 1.20. The molecule has 0 unspecified atom stereocenters. The van der Waals surface area contributed by atoms with Crippen molar-refractivity contribution in [2.24, 2.45) is 0 Å². The van der Waals surface area contributed by atoms with E-state index in [9.17, 15) is 0 Å². The highest BCUT2D eigenvalue weighted by atomic mass is 15.0. The van der Waals surface area contributed by atoms with Crippen molar-refractivity contribution in [1.29, 1.82) is 0 Å². The van der Waals surface area contributed by atoms with E-state index in [1.54, 1.807) is 0 Å². The van der Waals surface area contributed by atoms with E-state index in [1.807, 2.05) is 60.7 Å². The average molecular weight is 638 g/mol. The van der Waals surface area contributed by atoms with E-state index in [0.717, 1.165) is 27.8 Å². The van der Waals surface area contributed by atoms with E-state index >= 15 is 0 Å². The van der Waals surface area contributed by atoms with Gasteiger partial charge in [-0.05, 0) is 61.0 Å². The molecule has 9 rings (SSSR count). The van der Waals surface area contributed by atoms with Crippen molar-refractivity contribution >= 4 is 21.5 Å². The third-order valence-corrected chi connectivity index (χ3v) is 9.33. The standard InChI is InChI=1S/C47H31N3/c1-5-15-33(16-6-1)43-41-24-14-13-23-39(41)40-30-29-38(31-42(40)44(43)34-17-7-2-8-18-34)32-25-27-37(28-26-32)47-49-45(35-19-9-3-10-20-35)48-46(50-47)36-21-11-4-12-22-36/h1-31H. The molecule has 0 amide bonds. The van der Waals surface area contributed by atoms with Crippen molar-refractivity contribution in [3.05, 3.63) is 188 Å². The van der Waals surface area contributed by atoms with Crippen LogP contribution >= 0.6 is 0 Å². The number of fused-ring (bicyclic) bond motifs is 3. The molecule has 1 aromatic heterocycles. The lowest BCUT2D eigenvalue weighted by Crippen LogP contribution is -2.00. The second-order valence-electron chi connectivity index (χ2n) is 12.4. The minimum absolute atomic E-state index is 0.646. The highest BCUT2D eigenvalue weighted by Gasteiger charge is 2.18. The quantitative estimate of drug-likeness (QED) is 0.170. The summed E-state index contributed by atoms with van der Waals surface area (Å²) in [5.41, 5.74) is 10.0. The van der Waals surface area contributed by atoms with Gasteiger partial charge in [0, 0.05) is 16.7 Å². The van der Waals surface area contributed by atoms with Gasteiger partial charge in [-0.15, -0.1) is 0 Å². The molecule has 0 radical (unpaired) electrons. The lowest BCUT2D eigenvalue weighted by molar-refractivity contribution is 1.07. The van der Waals surface area contributed by atoms with Gasteiger partial charge in [0.15, 0.2) is 17.5 Å². The van der Waals surface area contributed by atoms with Crippen LogP contribution in [0.15, 0.2) is 188 Å². The van der Waals surface area contributed by atoms with Gasteiger partial charge in [-0.25, -0.2) is 15.0 Å². The summed E-state index contributed by atoms with van der Waals surface area (Å²) in [7, 11) is 0. The summed E-state index contributed by atoms with van der Waals surface area (Å²) in [6.07, 6.45) is 0. The highest BCUT2D eigenvalue weighted by Crippen LogP contribution is 2.45. The summed E-state index contributed by atoms with van der Waals surface area (Å²) >= 11 is 0. The number of rotatable bonds is 6. The summed E-state index contributed by atoms with van der Waals surface area (Å²) in [5, 5.41) is 4.98. The van der Waals surface area contributed by atoms with Gasteiger partial charge in [-0.3, -0.25) is 0 Å². The average Bonchev–Trinajstić information content (AvgIpc) is 3.21. The monoisotopic (exact) mass is 637 g/mol. The van der Waals surface area contributed by atoms with Gasteiger partial charge in [0.25, 0.3) is 0 Å². The van der Waals surface area contributed by atoms with E-state index in [4.69, 9.17) is 15.0 Å². The zero-order valence-electron chi connectivity index (χ0n) is 27.2. The summed E-state index contributed by atoms with van der Waals surface area (Å²) < 4.78 is 0. The molecule has 0 saturated heterocycles. The van der Waals surface area contributed by atoms with Crippen LogP contribution in [0, 0.1) is 0 Å². The van der Waals surface area contributed by atoms with Crippen LogP contribution in [0.25, 0.3) is 89.1 Å². The van der Waals surface area contributed by atoms with Crippen LogP contribution in [0.2, 0.25) is 0 Å². The number of hydrogen-bond donors (Lipinski definition) is 0. The zero-order valence-corrected chi connectivity index (χ0v) is 27.2. The zero-order chi connectivity index (χ0) is 33.3. The molecule has 0 spiro atoms. The van der Waals surface area contributed by atoms with Gasteiger partial charge in [0.05, 0.1) is 0 Å². The Morgan fingerprint density at radius 3 is 1.06 bits per heavy atom. The molecule has 0 bridgehead atoms. The second kappa shape index (κ2) is 12.7. The van der Waals surface area contributed by atoms with Gasteiger partial charge < -0.3 is 0 Å². The van der Waals surface area contributed by atoms with Crippen molar-refractivity contribution in [3.8, 4) is 67.5 Å². The van der Waals surface area contributed by atoms with Crippen molar-refractivity contribution in [3.63, 3.8) is 0 Å². The Kier molecular flexibility index (Phi) is 7.49. The molecule has 0 aliphatic rings. The van der Waals surface area contributed by atoms with Gasteiger partial charge in [0.2, 0.25) is 0 Å². The Morgan fingerprint density at radius 1 is 0.220 bits per heavy atom. The molecule has 0 aliphatic heterocycles. The number of aromatic nitrogens is 3. The smallest absolute Gasteiger partial charge is 0.164 e. The normalized spacial score (nSPS) is 11.2. The number of nitrogens with zero attached hydrogens (tertiary/aromatic N) is 3. The summed E-state index contributed by atoms with van der Waals surface area (Å²) in [5.74, 6) is 1.96. The molecular weight excluding hydrogens is 607 g/mol. The summed E-state index contributed by atoms with van der Waals surface area (Å²) in [4.78, 5) is 14.7. The van der Waals surface area contributed by atoms with E-state index in [1.165, 1.54) is 43.8 Å². The third kappa shape index (κ3) is 5.41. The van der Waals surface area contributed by atoms with Crippen molar-refractivity contribution in [1.82, 2.24) is 15.0 Å². The first-order chi connectivity index (χ1) is 24.8. The molecule has 0 fully saturated rings. The highest BCUT2D eigenvalue weighted by molar-refractivity contribution is 6.22. The largest absolute Gasteiger partial charge is 0.208 e. The maximum Gasteiger partial charge on any atom is 0.164 e. The minimum atomic E-state index is 0.646. The maximum absolute atomic E-state index is 4.93. The number of hydrogen-bond acceptors (Lipinski definition) is 3. The first-order valence-electron chi connectivity index (χ1n) is 16.9. The van der Waals surface area contributed by atoms with Crippen LogP contribution in [0.5, 0.6) is 0 Å². The van der Waals surface area contributed by atoms with Crippen LogP contribution in [0.1, 0.15) is 0 Å². The lowest BCUT2D eigenvalue weighted by atomic mass is 9.84. The Hall–Kier alpha value is -6.71. The first kappa shape index (κ1) is 29.4. The van der Waals surface area contributed by atoms with E-state index in [0.29, 0.717) is 17.5 Å². The molecule has 0 aliphatic carbocycles. The van der Waals surface area contributed by atoms with Crippen LogP contribution < -0.4 is 0 Å². The predicted octanol–water partition coefficient (Wildman–Crippen LogP) is 12.2. The molecule has 0 N–H and O–H groups in total. The summed E-state index contributed by atoms with van der Waals surface area (Å²) in [6.45, 7) is 0. The Morgan fingerprint density at radius 2 is 0.560 bits per heavy atom. The fraction of sp³-hybridized carbons (Fsp3) is 0. The Labute approximate surface area is 291 Å². The van der Waals surface area contributed by atoms with E-state index in [2.05, 4.69) is 127 Å². The molecule has 50 heavy (non-hydrogen) atoms. The van der Waals surface area contributed by atoms with Crippen LogP contribution in [0.4, 0.5) is 0 Å². The third-order valence-electron chi connectivity index (χ3n) is 9.33. The number of benzene rings is 8. The van der Waals surface area contributed by atoms with Crippen molar-refractivity contribution in [2.75, 3.05) is 0 Å². The minimum Gasteiger partial charge on any atom is -0.208 e. The lowest BCUT2D eigenvalue weighted by Gasteiger charge is -2.19. The maximum atomic E-state index is 4.93. The van der Waals surface area contributed by atoms with Crippen LogP contribution in [-0.2, 0) is 0 Å².